The van der Waals surface area contributed by atoms with Crippen molar-refractivity contribution in [3.05, 3.63) is 59.8 Å². The predicted molar refractivity (Wildman–Crippen MR) is 114 cm³/mol. The van der Waals surface area contributed by atoms with E-state index in [-0.39, 0.29) is 11.7 Å². The molecule has 31 heavy (non-hydrogen) atoms. The van der Waals surface area contributed by atoms with Crippen LogP contribution in [0, 0.1) is 17.1 Å². The number of hydrogen-bond acceptors (Lipinski definition) is 5. The van der Waals surface area contributed by atoms with Crippen LogP contribution in [0.25, 0.3) is 0 Å². The second kappa shape index (κ2) is 10.1. The smallest absolute Gasteiger partial charge is 0.236 e. The Morgan fingerprint density at radius 2 is 1.87 bits per heavy atom. The summed E-state index contributed by atoms with van der Waals surface area (Å²) in [6.45, 7) is 3.50. The average molecular weight is 425 g/mol. The summed E-state index contributed by atoms with van der Waals surface area (Å²) in [7, 11) is 0. The molecule has 0 N–H and O–H groups in total. The first kappa shape index (κ1) is 21.5. The van der Waals surface area contributed by atoms with Crippen LogP contribution in [0.15, 0.2) is 47.1 Å². The lowest BCUT2D eigenvalue weighted by Crippen LogP contribution is -2.52. The summed E-state index contributed by atoms with van der Waals surface area (Å²) in [6, 6.07) is 12.3. The Morgan fingerprint density at radius 3 is 2.48 bits per heavy atom. The van der Waals surface area contributed by atoms with Crippen LogP contribution < -0.4 is 0 Å². The highest BCUT2D eigenvalue weighted by Gasteiger charge is 2.30. The van der Waals surface area contributed by atoms with E-state index in [4.69, 9.17) is 4.42 Å². The van der Waals surface area contributed by atoms with Crippen molar-refractivity contribution in [2.45, 2.75) is 44.3 Å². The minimum Gasteiger partial charge on any atom is -0.468 e. The van der Waals surface area contributed by atoms with Crippen molar-refractivity contribution in [2.75, 3.05) is 32.7 Å². The number of nitriles is 1. The van der Waals surface area contributed by atoms with Gasteiger partial charge in [-0.1, -0.05) is 25.0 Å². The van der Waals surface area contributed by atoms with Gasteiger partial charge in [0.2, 0.25) is 5.91 Å². The van der Waals surface area contributed by atoms with Gasteiger partial charge in [-0.15, -0.1) is 0 Å². The molecule has 2 aromatic rings. The molecular formula is C24H29FN4O2. The number of halogens is 1. The molecule has 1 amide bonds. The maximum Gasteiger partial charge on any atom is 0.236 e. The normalized spacial score (nSPS) is 18.9. The summed E-state index contributed by atoms with van der Waals surface area (Å²) >= 11 is 0. The molecule has 2 aliphatic rings. The number of nitrogens with zero attached hydrogens (tertiary/aromatic N) is 4. The molecule has 1 atom stereocenters. The minimum absolute atomic E-state index is 0.133. The summed E-state index contributed by atoms with van der Waals surface area (Å²) in [5.41, 5.74) is 0.787. The Hall–Kier alpha value is -2.69. The Morgan fingerprint density at radius 1 is 1.16 bits per heavy atom. The standard InChI is InChI=1S/C24H29FN4O2/c25-20-9-7-19(8-10-20)23(16-26)27-11-13-28(14-12-27)24(30)18-29(21-4-1-2-5-21)17-22-6-3-15-31-22/h3,6-10,15,21,23H,1-2,4-5,11-14,17-18H2/t23-/m1/s1. The molecule has 1 aliphatic carbocycles. The van der Waals surface area contributed by atoms with E-state index in [1.807, 2.05) is 17.0 Å². The summed E-state index contributed by atoms with van der Waals surface area (Å²) in [5, 5.41) is 9.66. The molecule has 1 aromatic heterocycles. The van der Waals surface area contributed by atoms with Crippen LogP contribution in [0.3, 0.4) is 0 Å². The number of benzene rings is 1. The number of carbonyl (C=O) groups is 1. The number of amides is 1. The molecule has 1 aromatic carbocycles. The van der Waals surface area contributed by atoms with E-state index in [0.717, 1.165) is 24.2 Å². The van der Waals surface area contributed by atoms with Crippen LogP contribution in [0.4, 0.5) is 4.39 Å². The number of furan rings is 1. The van der Waals surface area contributed by atoms with Crippen LogP contribution in [-0.2, 0) is 11.3 Å². The van der Waals surface area contributed by atoms with E-state index in [0.29, 0.717) is 45.3 Å². The van der Waals surface area contributed by atoms with E-state index < -0.39 is 6.04 Å². The van der Waals surface area contributed by atoms with Gasteiger partial charge in [0.1, 0.15) is 17.6 Å². The van der Waals surface area contributed by atoms with Gasteiger partial charge in [-0.2, -0.15) is 5.26 Å². The fourth-order valence-electron chi connectivity index (χ4n) is 4.70. The third-order valence-corrected chi connectivity index (χ3v) is 6.46. The van der Waals surface area contributed by atoms with Gasteiger partial charge in [-0.05, 0) is 42.7 Å². The molecule has 7 heteroatoms. The van der Waals surface area contributed by atoms with E-state index >= 15 is 0 Å². The minimum atomic E-state index is -0.424. The van der Waals surface area contributed by atoms with E-state index in [9.17, 15) is 14.4 Å². The van der Waals surface area contributed by atoms with Crippen molar-refractivity contribution in [3.63, 3.8) is 0 Å². The van der Waals surface area contributed by atoms with Gasteiger partial charge in [0.15, 0.2) is 0 Å². The molecule has 0 bridgehead atoms. The van der Waals surface area contributed by atoms with Crippen molar-refractivity contribution < 1.29 is 13.6 Å². The lowest BCUT2D eigenvalue weighted by Gasteiger charge is -2.38. The fourth-order valence-corrected chi connectivity index (χ4v) is 4.70. The lowest BCUT2D eigenvalue weighted by atomic mass is 10.1. The lowest BCUT2D eigenvalue weighted by molar-refractivity contribution is -0.135. The second-order valence-corrected chi connectivity index (χ2v) is 8.42. The molecule has 0 radical (unpaired) electrons. The van der Waals surface area contributed by atoms with Crippen molar-refractivity contribution in [3.8, 4) is 6.07 Å². The van der Waals surface area contributed by atoms with Crippen molar-refractivity contribution in [1.82, 2.24) is 14.7 Å². The van der Waals surface area contributed by atoms with E-state index in [1.165, 1.54) is 25.0 Å². The van der Waals surface area contributed by atoms with Gasteiger partial charge < -0.3 is 9.32 Å². The topological polar surface area (TPSA) is 63.7 Å². The molecule has 164 valence electrons. The zero-order valence-corrected chi connectivity index (χ0v) is 17.8. The second-order valence-electron chi connectivity index (χ2n) is 8.42. The van der Waals surface area contributed by atoms with Crippen LogP contribution in [-0.4, -0.2) is 59.4 Å². The molecule has 2 fully saturated rings. The summed E-state index contributed by atoms with van der Waals surface area (Å²) in [5.74, 6) is 0.714. The Labute approximate surface area is 182 Å². The SMILES string of the molecule is N#C[C@H](c1ccc(F)cc1)N1CCN(C(=O)CN(Cc2ccco2)C2CCCC2)CC1. The third kappa shape index (κ3) is 5.33. The molecule has 1 aliphatic heterocycles. The van der Waals surface area contributed by atoms with Gasteiger partial charge in [0.25, 0.3) is 0 Å². The first-order valence-electron chi connectivity index (χ1n) is 11.1. The van der Waals surface area contributed by atoms with Crippen LogP contribution >= 0.6 is 0 Å². The highest BCUT2D eigenvalue weighted by atomic mass is 19.1. The van der Waals surface area contributed by atoms with E-state index in [2.05, 4.69) is 15.9 Å². The van der Waals surface area contributed by atoms with E-state index in [1.54, 1.807) is 18.4 Å². The monoisotopic (exact) mass is 424 g/mol. The van der Waals surface area contributed by atoms with Crippen molar-refractivity contribution >= 4 is 5.91 Å². The molecule has 0 unspecified atom stereocenters. The first-order chi connectivity index (χ1) is 15.1. The Kier molecular flexibility index (Phi) is 7.00. The van der Waals surface area contributed by atoms with Crippen molar-refractivity contribution in [1.29, 1.82) is 5.26 Å². The summed E-state index contributed by atoms with van der Waals surface area (Å²) < 4.78 is 18.7. The van der Waals surface area contributed by atoms with Gasteiger partial charge in [-0.25, -0.2) is 4.39 Å². The zero-order chi connectivity index (χ0) is 21.6. The summed E-state index contributed by atoms with van der Waals surface area (Å²) in [6.07, 6.45) is 6.36. The van der Waals surface area contributed by atoms with Crippen LogP contribution in [0.5, 0.6) is 0 Å². The molecule has 6 nitrogen and oxygen atoms in total. The quantitative estimate of drug-likeness (QED) is 0.680. The van der Waals surface area contributed by atoms with Gasteiger partial charge >= 0.3 is 0 Å². The van der Waals surface area contributed by atoms with Crippen LogP contribution in [0.2, 0.25) is 0 Å². The molecule has 0 spiro atoms. The molecule has 1 saturated heterocycles. The predicted octanol–water partition coefficient (Wildman–Crippen LogP) is 3.57. The molecule has 1 saturated carbocycles. The number of carbonyl (C=O) groups excluding carboxylic acids is 1. The summed E-state index contributed by atoms with van der Waals surface area (Å²) in [4.78, 5) is 19.3. The molecule has 4 rings (SSSR count). The zero-order valence-electron chi connectivity index (χ0n) is 17.8. The third-order valence-electron chi connectivity index (χ3n) is 6.46. The molecular weight excluding hydrogens is 395 g/mol. The highest BCUT2D eigenvalue weighted by molar-refractivity contribution is 5.78. The molecule has 2 heterocycles. The largest absolute Gasteiger partial charge is 0.468 e. The van der Waals surface area contributed by atoms with Gasteiger partial charge in [-0.3, -0.25) is 14.6 Å². The van der Waals surface area contributed by atoms with Crippen LogP contribution in [0.1, 0.15) is 43.0 Å². The number of rotatable bonds is 7. The average Bonchev–Trinajstić information content (AvgIpc) is 3.50. The number of piperazine rings is 1. The number of hydrogen-bond donors (Lipinski definition) is 0. The van der Waals surface area contributed by atoms with Crippen molar-refractivity contribution in [2.24, 2.45) is 0 Å². The maximum absolute atomic E-state index is 13.2. The fraction of sp³-hybridized carbons (Fsp3) is 0.500. The Balaban J connectivity index is 1.34. The first-order valence-corrected chi connectivity index (χ1v) is 11.1. The highest BCUT2D eigenvalue weighted by Crippen LogP contribution is 2.26. The maximum atomic E-state index is 13.2. The van der Waals surface area contributed by atoms with Gasteiger partial charge in [0.05, 0.1) is 25.4 Å². The van der Waals surface area contributed by atoms with Gasteiger partial charge in [0, 0.05) is 32.2 Å². The Bertz CT molecular complexity index is 879.